The van der Waals surface area contributed by atoms with Crippen molar-refractivity contribution in [3.8, 4) is 11.8 Å². The van der Waals surface area contributed by atoms with Gasteiger partial charge in [0, 0.05) is 6.42 Å². The second kappa shape index (κ2) is 8.63. The van der Waals surface area contributed by atoms with Gasteiger partial charge in [-0.05, 0) is 24.6 Å². The summed E-state index contributed by atoms with van der Waals surface area (Å²) < 4.78 is 10.6. The number of nitrogens with zero attached hydrogens (tertiary/aromatic N) is 3. The molecule has 0 fully saturated rings. The highest BCUT2D eigenvalue weighted by atomic mass is 16.5. The van der Waals surface area contributed by atoms with E-state index in [0.29, 0.717) is 29.4 Å². The first-order chi connectivity index (χ1) is 13.2. The third-order valence-electron chi connectivity index (χ3n) is 3.83. The number of aromatic nitrogens is 2. The third-order valence-corrected chi connectivity index (χ3v) is 3.83. The minimum atomic E-state index is -0.474. The van der Waals surface area contributed by atoms with E-state index in [0.717, 1.165) is 5.56 Å². The van der Waals surface area contributed by atoms with Crippen molar-refractivity contribution in [2.45, 2.75) is 19.4 Å². The Labute approximate surface area is 156 Å². The molecule has 0 bridgehead atoms. The van der Waals surface area contributed by atoms with Crippen molar-refractivity contribution in [1.82, 2.24) is 15.5 Å². The lowest BCUT2D eigenvalue weighted by molar-refractivity contribution is 0.0929. The standard InChI is InChI=1S/C20H18N4O3/c1-14(20-23-18(24-27-20)13-15-7-3-2-4-8-15)22-19(25)16-9-5-6-10-17(16)26-12-11-21/h2-10,14H,12-13H2,1H3,(H,22,25). The van der Waals surface area contributed by atoms with Crippen LogP contribution in [0.25, 0.3) is 0 Å². The van der Waals surface area contributed by atoms with Gasteiger partial charge in [-0.25, -0.2) is 0 Å². The number of nitrogens with one attached hydrogen (secondary N) is 1. The van der Waals surface area contributed by atoms with Gasteiger partial charge in [0.1, 0.15) is 17.9 Å². The maximum Gasteiger partial charge on any atom is 0.255 e. The number of ether oxygens (including phenoxy) is 1. The monoisotopic (exact) mass is 362 g/mol. The van der Waals surface area contributed by atoms with E-state index < -0.39 is 6.04 Å². The number of amides is 1. The molecule has 27 heavy (non-hydrogen) atoms. The molecule has 1 heterocycles. The number of hydrogen-bond donors (Lipinski definition) is 1. The van der Waals surface area contributed by atoms with Crippen molar-refractivity contribution in [3.05, 3.63) is 77.4 Å². The van der Waals surface area contributed by atoms with E-state index in [-0.39, 0.29) is 12.5 Å². The lowest BCUT2D eigenvalue weighted by atomic mass is 10.1. The largest absolute Gasteiger partial charge is 0.478 e. The lowest BCUT2D eigenvalue weighted by Crippen LogP contribution is -2.27. The maximum atomic E-state index is 12.5. The molecule has 0 aliphatic carbocycles. The number of carbonyl (C=O) groups is 1. The fourth-order valence-electron chi connectivity index (χ4n) is 2.52. The van der Waals surface area contributed by atoms with Crippen LogP contribution in [-0.2, 0) is 6.42 Å². The zero-order chi connectivity index (χ0) is 19.1. The highest BCUT2D eigenvalue weighted by molar-refractivity contribution is 5.97. The van der Waals surface area contributed by atoms with Gasteiger partial charge in [0.2, 0.25) is 5.89 Å². The average Bonchev–Trinajstić information content (AvgIpc) is 3.16. The van der Waals surface area contributed by atoms with Crippen LogP contribution in [0.4, 0.5) is 0 Å². The lowest BCUT2D eigenvalue weighted by Gasteiger charge is -2.12. The van der Waals surface area contributed by atoms with Crippen molar-refractivity contribution < 1.29 is 14.1 Å². The Morgan fingerprint density at radius 3 is 2.74 bits per heavy atom. The molecule has 0 radical (unpaired) electrons. The molecular formula is C20H18N4O3. The summed E-state index contributed by atoms with van der Waals surface area (Å²) in [6.07, 6.45) is 0.551. The van der Waals surface area contributed by atoms with Crippen LogP contribution < -0.4 is 10.1 Å². The Bertz CT molecular complexity index is 947. The van der Waals surface area contributed by atoms with Crippen molar-refractivity contribution >= 4 is 5.91 Å². The van der Waals surface area contributed by atoms with Crippen LogP contribution in [0.3, 0.4) is 0 Å². The molecule has 2 aromatic carbocycles. The van der Waals surface area contributed by atoms with Crippen LogP contribution >= 0.6 is 0 Å². The summed E-state index contributed by atoms with van der Waals surface area (Å²) in [7, 11) is 0. The summed E-state index contributed by atoms with van der Waals surface area (Å²) in [4.78, 5) is 16.9. The van der Waals surface area contributed by atoms with Crippen LogP contribution in [0.2, 0.25) is 0 Å². The molecule has 0 aliphatic rings. The molecule has 7 nitrogen and oxygen atoms in total. The minimum absolute atomic E-state index is 0.133. The molecule has 1 atom stereocenters. The Kier molecular flexibility index (Phi) is 5.80. The number of rotatable bonds is 7. The van der Waals surface area contributed by atoms with E-state index in [9.17, 15) is 4.79 Å². The van der Waals surface area contributed by atoms with Gasteiger partial charge in [0.05, 0.1) is 5.56 Å². The second-order valence-electron chi connectivity index (χ2n) is 5.85. The molecule has 1 N–H and O–H groups in total. The zero-order valence-corrected chi connectivity index (χ0v) is 14.8. The highest BCUT2D eigenvalue weighted by Gasteiger charge is 2.19. The summed E-state index contributed by atoms with van der Waals surface area (Å²) >= 11 is 0. The van der Waals surface area contributed by atoms with Crippen LogP contribution in [0.15, 0.2) is 59.1 Å². The summed E-state index contributed by atoms with van der Waals surface area (Å²) in [5.41, 5.74) is 1.41. The number of benzene rings is 2. The Balaban J connectivity index is 1.66. The van der Waals surface area contributed by atoms with Crippen molar-refractivity contribution in [2.24, 2.45) is 0 Å². The SMILES string of the molecule is CC(NC(=O)c1ccccc1OCC#N)c1nc(Cc2ccccc2)no1. The Morgan fingerprint density at radius 1 is 1.22 bits per heavy atom. The normalized spacial score (nSPS) is 11.4. The minimum Gasteiger partial charge on any atom is -0.478 e. The van der Waals surface area contributed by atoms with Crippen molar-refractivity contribution in [3.63, 3.8) is 0 Å². The van der Waals surface area contributed by atoms with Crippen LogP contribution in [0.5, 0.6) is 5.75 Å². The van der Waals surface area contributed by atoms with Crippen LogP contribution in [0.1, 0.15) is 40.6 Å². The van der Waals surface area contributed by atoms with E-state index in [1.807, 2.05) is 36.4 Å². The van der Waals surface area contributed by atoms with Gasteiger partial charge in [0.25, 0.3) is 5.91 Å². The molecule has 0 aliphatic heterocycles. The molecule has 1 aromatic heterocycles. The van der Waals surface area contributed by atoms with Crippen LogP contribution in [-0.4, -0.2) is 22.7 Å². The molecule has 0 spiro atoms. The van der Waals surface area contributed by atoms with Crippen LogP contribution in [0, 0.1) is 11.3 Å². The molecule has 136 valence electrons. The van der Waals surface area contributed by atoms with Crippen molar-refractivity contribution in [2.75, 3.05) is 6.61 Å². The topological polar surface area (TPSA) is 101 Å². The summed E-state index contributed by atoms with van der Waals surface area (Å²) in [5, 5.41) is 15.4. The van der Waals surface area contributed by atoms with E-state index in [4.69, 9.17) is 14.5 Å². The van der Waals surface area contributed by atoms with Gasteiger partial charge in [-0.15, -0.1) is 0 Å². The fourth-order valence-corrected chi connectivity index (χ4v) is 2.52. The first-order valence-electron chi connectivity index (χ1n) is 8.43. The summed E-state index contributed by atoms with van der Waals surface area (Å²) in [6.45, 7) is 1.63. The molecule has 3 aromatic rings. The highest BCUT2D eigenvalue weighted by Crippen LogP contribution is 2.19. The summed E-state index contributed by atoms with van der Waals surface area (Å²) in [6, 6.07) is 18.0. The second-order valence-corrected chi connectivity index (χ2v) is 5.85. The summed E-state index contributed by atoms with van der Waals surface area (Å²) in [5.74, 6) is 0.873. The van der Waals surface area contributed by atoms with Gasteiger partial charge in [-0.1, -0.05) is 47.6 Å². The predicted molar refractivity (Wildman–Crippen MR) is 97.0 cm³/mol. The van der Waals surface area contributed by atoms with E-state index in [1.54, 1.807) is 31.2 Å². The molecular weight excluding hydrogens is 344 g/mol. The van der Waals surface area contributed by atoms with Gasteiger partial charge in [-0.3, -0.25) is 4.79 Å². The zero-order valence-electron chi connectivity index (χ0n) is 14.8. The van der Waals surface area contributed by atoms with E-state index in [2.05, 4.69) is 15.5 Å². The first-order valence-corrected chi connectivity index (χ1v) is 8.43. The molecule has 7 heteroatoms. The average molecular weight is 362 g/mol. The quantitative estimate of drug-likeness (QED) is 0.693. The Hall–Kier alpha value is -3.66. The third kappa shape index (κ3) is 4.70. The van der Waals surface area contributed by atoms with Crippen molar-refractivity contribution in [1.29, 1.82) is 5.26 Å². The smallest absolute Gasteiger partial charge is 0.255 e. The number of hydrogen-bond acceptors (Lipinski definition) is 6. The van der Waals surface area contributed by atoms with Gasteiger partial charge in [-0.2, -0.15) is 10.2 Å². The van der Waals surface area contributed by atoms with Gasteiger partial charge < -0.3 is 14.6 Å². The molecule has 1 amide bonds. The number of carbonyl (C=O) groups excluding carboxylic acids is 1. The molecule has 0 saturated carbocycles. The first kappa shape index (κ1) is 18.1. The van der Waals surface area contributed by atoms with E-state index >= 15 is 0 Å². The van der Waals surface area contributed by atoms with Gasteiger partial charge in [0.15, 0.2) is 12.4 Å². The number of para-hydroxylation sites is 1. The van der Waals surface area contributed by atoms with E-state index in [1.165, 1.54) is 0 Å². The Morgan fingerprint density at radius 2 is 1.96 bits per heavy atom. The maximum absolute atomic E-state index is 12.5. The van der Waals surface area contributed by atoms with Gasteiger partial charge >= 0.3 is 0 Å². The predicted octanol–water partition coefficient (Wildman–Crippen LogP) is 3.05. The molecule has 3 rings (SSSR count). The molecule has 1 unspecified atom stereocenters. The fraction of sp³-hybridized carbons (Fsp3) is 0.200. The number of nitriles is 1. The molecule has 0 saturated heterocycles.